The minimum Gasteiger partial charge on any atom is -0.504 e. The standard InChI is InChI=1S/C26H34FNO3/c1-15-17(5-9-25(27)28-15)14-31-24-8-7-21-19-6-4-16-12-22(29)23(30-3)13-20(16)18(19)10-11-26(21,24)2/h5,9,12-13,15,18-19,21,24,28-29H,4,6-8,10-11,14H2,1-3H3/t15?,18?,19?,21?,24-,26-/m0/s1. The van der Waals surface area contributed by atoms with Gasteiger partial charge in [-0.1, -0.05) is 13.0 Å². The summed E-state index contributed by atoms with van der Waals surface area (Å²) < 4.78 is 25.3. The minimum absolute atomic E-state index is 0.0213. The lowest BCUT2D eigenvalue weighted by atomic mass is 9.55. The van der Waals surface area contributed by atoms with E-state index in [0.717, 1.165) is 31.3 Å². The number of benzene rings is 1. The van der Waals surface area contributed by atoms with Crippen molar-refractivity contribution in [3.63, 3.8) is 0 Å². The Balaban J connectivity index is 1.33. The average Bonchev–Trinajstić information content (AvgIpc) is 3.08. The fraction of sp³-hybridized carbons (Fsp3) is 0.615. The predicted octanol–water partition coefficient (Wildman–Crippen LogP) is 5.37. The van der Waals surface area contributed by atoms with Gasteiger partial charge >= 0.3 is 0 Å². The zero-order chi connectivity index (χ0) is 21.8. The maximum Gasteiger partial charge on any atom is 0.187 e. The van der Waals surface area contributed by atoms with Crippen LogP contribution in [0.1, 0.15) is 63.0 Å². The first-order valence-corrected chi connectivity index (χ1v) is 11.7. The number of halogens is 1. The van der Waals surface area contributed by atoms with Crippen molar-refractivity contribution in [1.29, 1.82) is 0 Å². The average molecular weight is 428 g/mol. The molecule has 0 radical (unpaired) electrons. The molecule has 4 nitrogen and oxygen atoms in total. The van der Waals surface area contributed by atoms with Gasteiger partial charge in [-0.15, -0.1) is 0 Å². The molecule has 1 aliphatic heterocycles. The number of dihydropyridines is 1. The van der Waals surface area contributed by atoms with Crippen LogP contribution < -0.4 is 10.1 Å². The predicted molar refractivity (Wildman–Crippen MR) is 119 cm³/mol. The van der Waals surface area contributed by atoms with E-state index in [1.54, 1.807) is 7.11 Å². The van der Waals surface area contributed by atoms with Gasteiger partial charge in [-0.05, 0) is 104 Å². The molecule has 0 aromatic heterocycles. The number of hydrogen-bond donors (Lipinski definition) is 2. The number of phenols is 1. The van der Waals surface area contributed by atoms with E-state index >= 15 is 0 Å². The molecular formula is C26H34FNO3. The van der Waals surface area contributed by atoms with Gasteiger partial charge in [0, 0.05) is 6.04 Å². The van der Waals surface area contributed by atoms with E-state index in [4.69, 9.17) is 9.47 Å². The number of aromatic hydroxyl groups is 1. The number of aryl methyl sites for hydroxylation is 1. The Bertz CT molecular complexity index is 925. The molecule has 2 fully saturated rings. The zero-order valence-electron chi connectivity index (χ0n) is 18.8. The van der Waals surface area contributed by atoms with Crippen LogP contribution >= 0.6 is 0 Å². The molecule has 2 saturated carbocycles. The molecule has 168 valence electrons. The van der Waals surface area contributed by atoms with Crippen LogP contribution in [0, 0.1) is 17.3 Å². The first-order chi connectivity index (χ1) is 14.9. The first-order valence-electron chi connectivity index (χ1n) is 11.7. The Hall–Kier alpha value is -2.01. The molecule has 0 bridgehead atoms. The summed E-state index contributed by atoms with van der Waals surface area (Å²) in [5.41, 5.74) is 3.99. The number of phenolic OH excluding ortho intramolecular Hbond substituents is 1. The van der Waals surface area contributed by atoms with Crippen LogP contribution in [0.15, 0.2) is 35.8 Å². The molecular weight excluding hydrogens is 393 g/mol. The fourth-order valence-electron chi connectivity index (χ4n) is 7.02. The minimum atomic E-state index is -0.273. The monoisotopic (exact) mass is 427 g/mol. The highest BCUT2D eigenvalue weighted by atomic mass is 19.1. The molecule has 1 aromatic carbocycles. The quantitative estimate of drug-likeness (QED) is 0.634. The van der Waals surface area contributed by atoms with Crippen molar-refractivity contribution in [3.05, 3.63) is 46.9 Å². The molecule has 4 unspecified atom stereocenters. The van der Waals surface area contributed by atoms with E-state index in [9.17, 15) is 9.50 Å². The van der Waals surface area contributed by atoms with Crippen LogP contribution in [0.2, 0.25) is 0 Å². The largest absolute Gasteiger partial charge is 0.504 e. The van der Waals surface area contributed by atoms with Gasteiger partial charge in [0.05, 0.1) is 19.8 Å². The fourth-order valence-corrected chi connectivity index (χ4v) is 7.02. The summed E-state index contributed by atoms with van der Waals surface area (Å²) in [5.74, 6) is 2.45. The molecule has 5 rings (SSSR count). The second kappa shape index (κ2) is 7.84. The summed E-state index contributed by atoms with van der Waals surface area (Å²) in [7, 11) is 1.63. The Morgan fingerprint density at radius 1 is 1.19 bits per heavy atom. The maximum atomic E-state index is 13.4. The number of ether oxygens (including phenoxy) is 2. The highest BCUT2D eigenvalue weighted by molar-refractivity contribution is 5.49. The van der Waals surface area contributed by atoms with E-state index < -0.39 is 0 Å². The molecule has 6 atom stereocenters. The highest BCUT2D eigenvalue weighted by Crippen LogP contribution is 2.62. The molecule has 5 heteroatoms. The van der Waals surface area contributed by atoms with Gasteiger partial charge in [0.1, 0.15) is 0 Å². The summed E-state index contributed by atoms with van der Waals surface area (Å²) in [6.45, 7) is 4.99. The zero-order valence-corrected chi connectivity index (χ0v) is 18.8. The number of nitrogens with one attached hydrogen (secondary N) is 1. The lowest BCUT2D eigenvalue weighted by molar-refractivity contribution is -0.0580. The van der Waals surface area contributed by atoms with Crippen molar-refractivity contribution in [3.8, 4) is 11.5 Å². The number of hydrogen-bond acceptors (Lipinski definition) is 4. The lowest BCUT2D eigenvalue weighted by Crippen LogP contribution is -2.45. The van der Waals surface area contributed by atoms with Crippen molar-refractivity contribution < 1.29 is 19.0 Å². The van der Waals surface area contributed by atoms with E-state index in [1.165, 1.54) is 30.0 Å². The molecule has 0 saturated heterocycles. The van der Waals surface area contributed by atoms with Crippen LogP contribution in [0.5, 0.6) is 11.5 Å². The Kier molecular flexibility index (Phi) is 5.28. The number of rotatable bonds is 4. The smallest absolute Gasteiger partial charge is 0.187 e. The Morgan fingerprint density at radius 2 is 2.03 bits per heavy atom. The van der Waals surface area contributed by atoms with Gasteiger partial charge < -0.3 is 19.9 Å². The number of allylic oxidation sites excluding steroid dienone is 2. The van der Waals surface area contributed by atoms with Crippen LogP contribution in [-0.2, 0) is 11.2 Å². The summed E-state index contributed by atoms with van der Waals surface area (Å²) in [5, 5.41) is 13.1. The third-order valence-corrected chi connectivity index (χ3v) is 8.74. The van der Waals surface area contributed by atoms with Gasteiger partial charge in [0.2, 0.25) is 0 Å². The molecule has 2 N–H and O–H groups in total. The van der Waals surface area contributed by atoms with Crippen LogP contribution in [0.3, 0.4) is 0 Å². The molecule has 1 aromatic rings. The normalized spacial score (nSPS) is 36.5. The van der Waals surface area contributed by atoms with Gasteiger partial charge in [0.15, 0.2) is 17.4 Å². The highest BCUT2D eigenvalue weighted by Gasteiger charge is 2.55. The van der Waals surface area contributed by atoms with E-state index in [0.29, 0.717) is 30.1 Å². The Morgan fingerprint density at radius 3 is 2.81 bits per heavy atom. The van der Waals surface area contributed by atoms with Gasteiger partial charge in [-0.2, -0.15) is 4.39 Å². The third-order valence-electron chi connectivity index (χ3n) is 8.74. The molecule has 4 aliphatic rings. The van der Waals surface area contributed by atoms with Crippen molar-refractivity contribution in [1.82, 2.24) is 5.32 Å². The van der Waals surface area contributed by atoms with Gasteiger partial charge in [0.25, 0.3) is 0 Å². The summed E-state index contributed by atoms with van der Waals surface area (Å²) in [4.78, 5) is 0. The maximum absolute atomic E-state index is 13.4. The molecule has 3 aliphatic carbocycles. The summed E-state index contributed by atoms with van der Waals surface area (Å²) in [6.07, 6.45) is 10.5. The van der Waals surface area contributed by atoms with E-state index in [2.05, 4.69) is 18.3 Å². The lowest BCUT2D eigenvalue weighted by Gasteiger charge is -2.50. The van der Waals surface area contributed by atoms with Crippen molar-refractivity contribution >= 4 is 0 Å². The second-order valence-electron chi connectivity index (χ2n) is 10.2. The molecule has 0 spiro atoms. The molecule has 31 heavy (non-hydrogen) atoms. The van der Waals surface area contributed by atoms with Crippen molar-refractivity contribution in [2.45, 2.75) is 70.4 Å². The van der Waals surface area contributed by atoms with E-state index in [-0.39, 0.29) is 29.3 Å². The second-order valence-corrected chi connectivity index (χ2v) is 10.2. The van der Waals surface area contributed by atoms with Gasteiger partial charge in [-0.25, -0.2) is 0 Å². The number of methoxy groups -OCH3 is 1. The Labute approximate surface area is 184 Å². The van der Waals surface area contributed by atoms with Crippen LogP contribution in [0.25, 0.3) is 0 Å². The summed E-state index contributed by atoms with van der Waals surface area (Å²) in [6, 6.07) is 3.99. The van der Waals surface area contributed by atoms with Crippen molar-refractivity contribution in [2.24, 2.45) is 17.3 Å². The van der Waals surface area contributed by atoms with E-state index in [1.807, 2.05) is 19.1 Å². The van der Waals surface area contributed by atoms with Crippen molar-refractivity contribution in [2.75, 3.05) is 13.7 Å². The topological polar surface area (TPSA) is 50.7 Å². The number of fused-ring (bicyclic) bond motifs is 5. The molecule has 1 heterocycles. The van der Waals surface area contributed by atoms with Crippen LogP contribution in [0.4, 0.5) is 4.39 Å². The van der Waals surface area contributed by atoms with Gasteiger partial charge in [-0.3, -0.25) is 0 Å². The SMILES string of the molecule is COc1cc2c(cc1O)CCC1C2CC[C@@]2(C)C1CC[C@@H]2OCC1=CC=C(F)NC1C. The van der Waals surface area contributed by atoms with Crippen LogP contribution in [-0.4, -0.2) is 31.0 Å². The first kappa shape index (κ1) is 20.9. The summed E-state index contributed by atoms with van der Waals surface area (Å²) >= 11 is 0. The third kappa shape index (κ3) is 3.45. The molecule has 0 amide bonds.